The van der Waals surface area contributed by atoms with Crippen LogP contribution in [-0.4, -0.2) is 43.4 Å². The van der Waals surface area contributed by atoms with Gasteiger partial charge in [-0.15, -0.1) is 0 Å². The van der Waals surface area contributed by atoms with Gasteiger partial charge in [-0.05, 0) is 23.6 Å². The van der Waals surface area contributed by atoms with Gasteiger partial charge in [0.15, 0.2) is 0 Å². The normalized spacial score (nSPS) is 21.1. The minimum atomic E-state index is -0.363. The number of benzene rings is 1. The first kappa shape index (κ1) is 16.8. The van der Waals surface area contributed by atoms with E-state index in [-0.39, 0.29) is 17.9 Å². The van der Waals surface area contributed by atoms with Gasteiger partial charge >= 0.3 is 0 Å². The summed E-state index contributed by atoms with van der Waals surface area (Å²) in [4.78, 5) is 11.9. The summed E-state index contributed by atoms with van der Waals surface area (Å²) in [6.07, 6.45) is -0.0153. The average molecular weight is 306 g/mol. The van der Waals surface area contributed by atoms with E-state index in [9.17, 15) is 9.90 Å². The predicted octanol–water partition coefficient (Wildman–Crippen LogP) is 0.960. The van der Waals surface area contributed by atoms with Crippen molar-refractivity contribution in [3.63, 3.8) is 0 Å². The van der Waals surface area contributed by atoms with Crippen LogP contribution in [-0.2, 0) is 11.2 Å². The fraction of sp³-hybridized carbons (Fsp3) is 0.588. The van der Waals surface area contributed by atoms with Gasteiger partial charge in [0.05, 0.1) is 19.1 Å². The van der Waals surface area contributed by atoms with Gasteiger partial charge < -0.3 is 20.5 Å². The Balaban J connectivity index is 1.74. The van der Waals surface area contributed by atoms with Crippen molar-refractivity contribution >= 4 is 5.91 Å². The highest BCUT2D eigenvalue weighted by atomic mass is 16.5. The third kappa shape index (κ3) is 5.31. The zero-order valence-electron chi connectivity index (χ0n) is 13.3. The Labute approximate surface area is 132 Å². The first-order valence-corrected chi connectivity index (χ1v) is 7.92. The van der Waals surface area contributed by atoms with E-state index in [1.807, 2.05) is 24.3 Å². The highest BCUT2D eigenvalue weighted by Gasteiger charge is 2.24. The molecule has 0 saturated carbocycles. The Kier molecular flexibility index (Phi) is 6.21. The van der Waals surface area contributed by atoms with E-state index in [0.29, 0.717) is 32.0 Å². The lowest BCUT2D eigenvalue weighted by atomic mass is 10.1. The molecule has 0 spiro atoms. The number of carbonyl (C=O) groups excluding carboxylic acids is 1. The molecule has 122 valence electrons. The second-order valence-electron chi connectivity index (χ2n) is 6.32. The van der Waals surface area contributed by atoms with Crippen LogP contribution in [0.5, 0.6) is 5.75 Å². The van der Waals surface area contributed by atoms with Crippen LogP contribution in [0.4, 0.5) is 0 Å². The largest absolute Gasteiger partial charge is 0.493 e. The van der Waals surface area contributed by atoms with Gasteiger partial charge in [0, 0.05) is 25.6 Å². The molecule has 0 bridgehead atoms. The van der Waals surface area contributed by atoms with Crippen molar-refractivity contribution in [1.82, 2.24) is 10.6 Å². The highest BCUT2D eigenvalue weighted by molar-refractivity contribution is 5.78. The topological polar surface area (TPSA) is 70.6 Å². The fourth-order valence-corrected chi connectivity index (χ4v) is 2.39. The number of rotatable bonds is 7. The van der Waals surface area contributed by atoms with Crippen LogP contribution in [0.2, 0.25) is 0 Å². The number of aliphatic hydroxyl groups excluding tert-OH is 1. The van der Waals surface area contributed by atoms with Gasteiger partial charge in [0.1, 0.15) is 5.75 Å². The summed E-state index contributed by atoms with van der Waals surface area (Å²) < 4.78 is 5.62. The smallest absolute Gasteiger partial charge is 0.224 e. The maximum absolute atomic E-state index is 11.9. The van der Waals surface area contributed by atoms with Gasteiger partial charge in [-0.3, -0.25) is 4.79 Å². The SMILES string of the molecule is CC(C)COc1ccc(CC(=O)NCC2CNCC2O)cc1. The Morgan fingerprint density at radius 3 is 2.68 bits per heavy atom. The number of amides is 1. The Morgan fingerprint density at radius 1 is 1.36 bits per heavy atom. The van der Waals surface area contributed by atoms with Crippen LogP contribution in [0.15, 0.2) is 24.3 Å². The van der Waals surface area contributed by atoms with E-state index in [4.69, 9.17) is 4.74 Å². The zero-order valence-corrected chi connectivity index (χ0v) is 13.3. The summed E-state index contributed by atoms with van der Waals surface area (Å²) in [5, 5.41) is 15.7. The van der Waals surface area contributed by atoms with Crippen molar-refractivity contribution in [2.75, 3.05) is 26.2 Å². The maximum atomic E-state index is 11.9. The number of hydrogen-bond donors (Lipinski definition) is 3. The van der Waals surface area contributed by atoms with Crippen LogP contribution in [0.1, 0.15) is 19.4 Å². The quantitative estimate of drug-likeness (QED) is 0.702. The third-order valence-electron chi connectivity index (χ3n) is 3.74. The molecule has 2 rings (SSSR count). The summed E-state index contributed by atoms with van der Waals surface area (Å²) in [6.45, 7) is 6.78. The summed E-state index contributed by atoms with van der Waals surface area (Å²) >= 11 is 0. The Morgan fingerprint density at radius 2 is 2.09 bits per heavy atom. The van der Waals surface area contributed by atoms with Crippen molar-refractivity contribution < 1.29 is 14.6 Å². The highest BCUT2D eigenvalue weighted by Crippen LogP contribution is 2.14. The molecule has 1 aromatic carbocycles. The fourth-order valence-electron chi connectivity index (χ4n) is 2.39. The Hall–Kier alpha value is -1.59. The van der Waals surface area contributed by atoms with E-state index in [1.54, 1.807) is 0 Å². The lowest BCUT2D eigenvalue weighted by molar-refractivity contribution is -0.120. The third-order valence-corrected chi connectivity index (χ3v) is 3.74. The molecule has 0 aliphatic carbocycles. The molecule has 0 radical (unpaired) electrons. The zero-order chi connectivity index (χ0) is 15.9. The molecule has 2 unspecified atom stereocenters. The number of nitrogens with one attached hydrogen (secondary N) is 2. The molecule has 5 nitrogen and oxygen atoms in total. The van der Waals surface area contributed by atoms with Gasteiger partial charge in [-0.2, -0.15) is 0 Å². The van der Waals surface area contributed by atoms with E-state index in [0.717, 1.165) is 17.9 Å². The average Bonchev–Trinajstić information content (AvgIpc) is 2.90. The van der Waals surface area contributed by atoms with E-state index in [1.165, 1.54) is 0 Å². The molecule has 5 heteroatoms. The van der Waals surface area contributed by atoms with Crippen LogP contribution in [0.3, 0.4) is 0 Å². The van der Waals surface area contributed by atoms with Crippen LogP contribution in [0.25, 0.3) is 0 Å². The molecule has 1 heterocycles. The van der Waals surface area contributed by atoms with E-state index < -0.39 is 0 Å². The molecule has 3 N–H and O–H groups in total. The van der Waals surface area contributed by atoms with Crippen molar-refractivity contribution in [1.29, 1.82) is 0 Å². The molecule has 1 amide bonds. The van der Waals surface area contributed by atoms with Gasteiger partial charge in [0.25, 0.3) is 0 Å². The van der Waals surface area contributed by atoms with Crippen molar-refractivity contribution in [2.24, 2.45) is 11.8 Å². The summed E-state index contributed by atoms with van der Waals surface area (Å²) in [5.41, 5.74) is 0.958. The molecule has 2 atom stereocenters. The number of carbonyl (C=O) groups is 1. The first-order valence-electron chi connectivity index (χ1n) is 7.92. The second kappa shape index (κ2) is 8.15. The molecule has 22 heavy (non-hydrogen) atoms. The molecular weight excluding hydrogens is 280 g/mol. The Bertz CT molecular complexity index is 473. The van der Waals surface area contributed by atoms with Gasteiger partial charge in [0.2, 0.25) is 5.91 Å². The first-order chi connectivity index (χ1) is 10.5. The molecule has 1 fully saturated rings. The summed E-state index contributed by atoms with van der Waals surface area (Å²) in [7, 11) is 0. The minimum Gasteiger partial charge on any atom is -0.493 e. The second-order valence-corrected chi connectivity index (χ2v) is 6.32. The molecular formula is C17H26N2O3. The standard InChI is InChI=1S/C17H26N2O3/c1-12(2)11-22-15-5-3-13(4-6-15)7-17(21)19-9-14-8-18-10-16(14)20/h3-6,12,14,16,18,20H,7-11H2,1-2H3,(H,19,21). The van der Waals surface area contributed by atoms with Crippen molar-refractivity contribution in [3.05, 3.63) is 29.8 Å². The molecule has 1 aliphatic heterocycles. The van der Waals surface area contributed by atoms with E-state index in [2.05, 4.69) is 24.5 Å². The lowest BCUT2D eigenvalue weighted by Crippen LogP contribution is -2.35. The number of aliphatic hydroxyl groups is 1. The predicted molar refractivity (Wildman–Crippen MR) is 85.9 cm³/mol. The van der Waals surface area contributed by atoms with Crippen LogP contribution < -0.4 is 15.4 Å². The lowest BCUT2D eigenvalue weighted by Gasteiger charge is -2.14. The summed E-state index contributed by atoms with van der Waals surface area (Å²) in [6, 6.07) is 7.63. The molecule has 1 aromatic rings. The molecule has 0 aromatic heterocycles. The minimum absolute atomic E-state index is 0.0186. The van der Waals surface area contributed by atoms with Crippen molar-refractivity contribution in [2.45, 2.75) is 26.4 Å². The van der Waals surface area contributed by atoms with Crippen molar-refractivity contribution in [3.8, 4) is 5.75 Å². The van der Waals surface area contributed by atoms with Gasteiger partial charge in [-0.25, -0.2) is 0 Å². The van der Waals surface area contributed by atoms with Crippen LogP contribution >= 0.6 is 0 Å². The monoisotopic (exact) mass is 306 g/mol. The van der Waals surface area contributed by atoms with Crippen LogP contribution in [0, 0.1) is 11.8 Å². The van der Waals surface area contributed by atoms with Gasteiger partial charge in [-0.1, -0.05) is 26.0 Å². The number of ether oxygens (including phenoxy) is 1. The molecule has 1 aliphatic rings. The number of β-amino-alcohol motifs (C(OH)–C–C–N with tert-alkyl or cyclic N) is 1. The van der Waals surface area contributed by atoms with E-state index >= 15 is 0 Å². The maximum Gasteiger partial charge on any atom is 0.224 e. The molecule has 1 saturated heterocycles. The summed E-state index contributed by atoms with van der Waals surface area (Å²) in [5.74, 6) is 1.41. The number of hydrogen-bond acceptors (Lipinski definition) is 4.